The third-order valence-electron chi connectivity index (χ3n) is 3.46. The summed E-state index contributed by atoms with van der Waals surface area (Å²) in [6.07, 6.45) is 4.62. The van der Waals surface area contributed by atoms with Crippen LogP contribution in [-0.4, -0.2) is 19.7 Å². The molecule has 0 heterocycles. The summed E-state index contributed by atoms with van der Waals surface area (Å²) in [7, 11) is 1.25. The van der Waals surface area contributed by atoms with E-state index in [9.17, 15) is 9.18 Å². The Morgan fingerprint density at radius 2 is 2.11 bits per heavy atom. The summed E-state index contributed by atoms with van der Waals surface area (Å²) in [5, 5.41) is 0. The molecule has 1 fully saturated rings. The molecule has 1 aliphatic carbocycles. The lowest BCUT2D eigenvalue weighted by Gasteiger charge is -2.13. The van der Waals surface area contributed by atoms with Crippen LogP contribution in [0.3, 0.4) is 0 Å². The van der Waals surface area contributed by atoms with Crippen LogP contribution in [0.1, 0.15) is 36.0 Å². The molecule has 0 amide bonds. The van der Waals surface area contributed by atoms with E-state index in [0.29, 0.717) is 12.5 Å². The maximum absolute atomic E-state index is 13.7. The van der Waals surface area contributed by atoms with E-state index < -0.39 is 11.8 Å². The van der Waals surface area contributed by atoms with Gasteiger partial charge in [0.2, 0.25) is 0 Å². The number of carbonyl (C=O) groups excluding carboxylic acids is 1. The van der Waals surface area contributed by atoms with Crippen LogP contribution in [0.25, 0.3) is 0 Å². The predicted molar refractivity (Wildman–Crippen MR) is 69.6 cm³/mol. The van der Waals surface area contributed by atoms with Crippen molar-refractivity contribution in [1.82, 2.24) is 0 Å². The van der Waals surface area contributed by atoms with E-state index in [1.165, 1.54) is 26.0 Å². The van der Waals surface area contributed by atoms with Crippen LogP contribution in [-0.2, 0) is 4.74 Å². The van der Waals surface area contributed by atoms with Crippen molar-refractivity contribution in [3.63, 3.8) is 0 Å². The van der Waals surface area contributed by atoms with Crippen molar-refractivity contribution >= 4 is 11.7 Å². The van der Waals surface area contributed by atoms with E-state index in [1.807, 2.05) is 0 Å². The van der Waals surface area contributed by atoms with Gasteiger partial charge in [-0.05, 0) is 24.8 Å². The lowest BCUT2D eigenvalue weighted by Crippen LogP contribution is -2.11. The van der Waals surface area contributed by atoms with Gasteiger partial charge in [-0.3, -0.25) is 0 Å². The fraction of sp³-hybridized carbons (Fsp3) is 0.500. The minimum absolute atomic E-state index is 0.0533. The third kappa shape index (κ3) is 3.16. The number of hydrogen-bond acceptors (Lipinski definition) is 4. The molecule has 104 valence electrons. The summed E-state index contributed by atoms with van der Waals surface area (Å²) < 4.78 is 23.8. The highest BCUT2D eigenvalue weighted by molar-refractivity contribution is 5.95. The normalized spacial score (nSPS) is 15.5. The van der Waals surface area contributed by atoms with E-state index in [0.717, 1.165) is 18.9 Å². The maximum atomic E-state index is 13.7. The van der Waals surface area contributed by atoms with Crippen molar-refractivity contribution in [2.45, 2.75) is 25.7 Å². The summed E-state index contributed by atoms with van der Waals surface area (Å²) in [6, 6.07) is 2.40. The van der Waals surface area contributed by atoms with Gasteiger partial charge in [0.05, 0.1) is 19.3 Å². The van der Waals surface area contributed by atoms with Crippen LogP contribution in [0.4, 0.5) is 10.1 Å². The summed E-state index contributed by atoms with van der Waals surface area (Å²) in [5.41, 5.74) is 5.77. The molecule has 19 heavy (non-hydrogen) atoms. The Balaban J connectivity index is 2.12. The largest absolute Gasteiger partial charge is 0.490 e. The Hall–Kier alpha value is -1.78. The number of ether oxygens (including phenoxy) is 2. The van der Waals surface area contributed by atoms with E-state index in [1.54, 1.807) is 0 Å². The van der Waals surface area contributed by atoms with E-state index in [4.69, 9.17) is 10.5 Å². The summed E-state index contributed by atoms with van der Waals surface area (Å²) >= 11 is 0. The second-order valence-corrected chi connectivity index (χ2v) is 4.82. The topological polar surface area (TPSA) is 61.5 Å². The molecule has 1 aromatic rings. The number of methoxy groups -OCH3 is 1. The maximum Gasteiger partial charge on any atom is 0.340 e. The number of halogens is 1. The number of esters is 1. The third-order valence-corrected chi connectivity index (χ3v) is 3.46. The van der Waals surface area contributed by atoms with Gasteiger partial charge in [0.1, 0.15) is 0 Å². The second kappa shape index (κ2) is 5.91. The Bertz CT molecular complexity index is 470. The molecular weight excluding hydrogens is 249 g/mol. The fourth-order valence-corrected chi connectivity index (χ4v) is 2.35. The molecule has 0 radical (unpaired) electrons. The standard InChI is InChI=1S/C14H18FNO3/c1-18-14(17)10-6-13(11(15)7-12(10)16)19-8-9-4-2-3-5-9/h6-7,9H,2-5,8,16H2,1H3. The van der Waals surface area contributed by atoms with Gasteiger partial charge in [-0.15, -0.1) is 0 Å². The lowest BCUT2D eigenvalue weighted by molar-refractivity contribution is 0.0601. The molecule has 2 rings (SSSR count). The van der Waals surface area contributed by atoms with Crippen LogP contribution >= 0.6 is 0 Å². The highest BCUT2D eigenvalue weighted by atomic mass is 19.1. The van der Waals surface area contributed by atoms with Crippen molar-refractivity contribution in [3.8, 4) is 5.75 Å². The first kappa shape index (κ1) is 13.6. The molecule has 0 aromatic heterocycles. The first-order chi connectivity index (χ1) is 9.11. The van der Waals surface area contributed by atoms with Gasteiger partial charge in [-0.25, -0.2) is 9.18 Å². The van der Waals surface area contributed by atoms with Gasteiger partial charge in [-0.1, -0.05) is 12.8 Å². The Kier molecular flexibility index (Phi) is 4.24. The zero-order valence-corrected chi connectivity index (χ0v) is 10.9. The first-order valence-corrected chi connectivity index (χ1v) is 6.42. The molecule has 1 aliphatic rings. The monoisotopic (exact) mass is 267 g/mol. The fourth-order valence-electron chi connectivity index (χ4n) is 2.35. The second-order valence-electron chi connectivity index (χ2n) is 4.82. The molecule has 0 bridgehead atoms. The molecule has 2 N–H and O–H groups in total. The Labute approximate surface area is 111 Å². The summed E-state index contributed by atoms with van der Waals surface area (Å²) in [5.74, 6) is -0.619. The number of anilines is 1. The molecular formula is C14H18FNO3. The van der Waals surface area contributed by atoms with Gasteiger partial charge in [0.25, 0.3) is 0 Å². The highest BCUT2D eigenvalue weighted by Crippen LogP contribution is 2.28. The molecule has 0 saturated heterocycles. The van der Waals surface area contributed by atoms with Gasteiger partial charge in [0.15, 0.2) is 11.6 Å². The lowest BCUT2D eigenvalue weighted by atomic mass is 10.1. The van der Waals surface area contributed by atoms with Gasteiger partial charge < -0.3 is 15.2 Å². The van der Waals surface area contributed by atoms with Gasteiger partial charge in [0, 0.05) is 11.8 Å². The molecule has 0 aliphatic heterocycles. The number of carbonyl (C=O) groups is 1. The minimum Gasteiger partial charge on any atom is -0.490 e. The predicted octanol–water partition coefficient (Wildman–Crippen LogP) is 2.76. The van der Waals surface area contributed by atoms with Crippen molar-refractivity contribution in [2.75, 3.05) is 19.5 Å². The Morgan fingerprint density at radius 1 is 1.42 bits per heavy atom. The number of rotatable bonds is 4. The van der Waals surface area contributed by atoms with Crippen LogP contribution in [0, 0.1) is 11.7 Å². The molecule has 1 aromatic carbocycles. The molecule has 1 saturated carbocycles. The number of hydrogen-bond donors (Lipinski definition) is 1. The van der Waals surface area contributed by atoms with Crippen LogP contribution in [0.5, 0.6) is 5.75 Å². The van der Waals surface area contributed by atoms with Crippen molar-refractivity contribution < 1.29 is 18.7 Å². The zero-order chi connectivity index (χ0) is 13.8. The van der Waals surface area contributed by atoms with E-state index in [-0.39, 0.29) is 17.0 Å². The summed E-state index contributed by atoms with van der Waals surface area (Å²) in [4.78, 5) is 11.5. The smallest absolute Gasteiger partial charge is 0.340 e. The van der Waals surface area contributed by atoms with Crippen LogP contribution in [0.2, 0.25) is 0 Å². The number of nitrogen functional groups attached to an aromatic ring is 1. The van der Waals surface area contributed by atoms with Crippen molar-refractivity contribution in [1.29, 1.82) is 0 Å². The number of benzene rings is 1. The van der Waals surface area contributed by atoms with Crippen LogP contribution < -0.4 is 10.5 Å². The quantitative estimate of drug-likeness (QED) is 0.673. The summed E-state index contributed by atoms with van der Waals surface area (Å²) in [6.45, 7) is 0.474. The van der Waals surface area contributed by atoms with Crippen molar-refractivity contribution in [3.05, 3.63) is 23.5 Å². The van der Waals surface area contributed by atoms with Crippen LogP contribution in [0.15, 0.2) is 12.1 Å². The molecule has 5 heteroatoms. The minimum atomic E-state index is -0.594. The molecule has 4 nitrogen and oxygen atoms in total. The first-order valence-electron chi connectivity index (χ1n) is 6.42. The van der Waals surface area contributed by atoms with Gasteiger partial charge >= 0.3 is 5.97 Å². The van der Waals surface area contributed by atoms with E-state index >= 15 is 0 Å². The Morgan fingerprint density at radius 3 is 2.74 bits per heavy atom. The van der Waals surface area contributed by atoms with Gasteiger partial charge in [-0.2, -0.15) is 0 Å². The number of nitrogens with two attached hydrogens (primary N) is 1. The average molecular weight is 267 g/mol. The molecule has 0 atom stereocenters. The highest BCUT2D eigenvalue weighted by Gasteiger charge is 2.19. The zero-order valence-electron chi connectivity index (χ0n) is 10.9. The van der Waals surface area contributed by atoms with Crippen molar-refractivity contribution in [2.24, 2.45) is 5.92 Å². The average Bonchev–Trinajstić information content (AvgIpc) is 2.90. The van der Waals surface area contributed by atoms with E-state index in [2.05, 4.69) is 4.74 Å². The molecule has 0 spiro atoms. The molecule has 0 unspecified atom stereocenters. The SMILES string of the molecule is COC(=O)c1cc(OCC2CCCC2)c(F)cc1N.